The molecule has 0 aromatic heterocycles. The number of carboxylic acids is 2. The molecule has 0 radical (unpaired) electrons. The van der Waals surface area contributed by atoms with Gasteiger partial charge in [-0.3, -0.25) is 9.59 Å². The van der Waals surface area contributed by atoms with Gasteiger partial charge in [-0.15, -0.1) is 12.4 Å². The SMILES string of the molecule is Cl.N[C@@]1(C(=O)O)C[C@@]1(F)CC(=O)O. The molecule has 0 amide bonds. The smallest absolute Gasteiger partial charge is 0.327 e. The van der Waals surface area contributed by atoms with Gasteiger partial charge in [0.1, 0.15) is 0 Å². The van der Waals surface area contributed by atoms with Crippen LogP contribution in [0.4, 0.5) is 4.39 Å². The van der Waals surface area contributed by atoms with Crippen molar-refractivity contribution in [3.8, 4) is 0 Å². The molecule has 0 aromatic carbocycles. The van der Waals surface area contributed by atoms with E-state index in [1.165, 1.54) is 0 Å². The van der Waals surface area contributed by atoms with Crippen LogP contribution in [-0.2, 0) is 9.59 Å². The summed E-state index contributed by atoms with van der Waals surface area (Å²) in [5.74, 6) is -2.88. The first-order valence-corrected chi connectivity index (χ1v) is 3.25. The number of carboxylic acid groups (broad SMARTS) is 2. The number of halogens is 2. The Kier molecular flexibility index (Phi) is 2.90. The third-order valence-corrected chi connectivity index (χ3v) is 2.05. The average Bonchev–Trinajstić information content (AvgIpc) is 2.33. The molecule has 13 heavy (non-hydrogen) atoms. The van der Waals surface area contributed by atoms with Crippen LogP contribution >= 0.6 is 12.4 Å². The lowest BCUT2D eigenvalue weighted by molar-refractivity contribution is -0.142. The van der Waals surface area contributed by atoms with Crippen molar-refractivity contribution in [2.45, 2.75) is 24.0 Å². The van der Waals surface area contributed by atoms with Crippen molar-refractivity contribution in [3.05, 3.63) is 0 Å². The minimum atomic E-state index is -2.27. The summed E-state index contributed by atoms with van der Waals surface area (Å²) in [7, 11) is 0. The van der Waals surface area contributed by atoms with Crippen LogP contribution in [0.25, 0.3) is 0 Å². The Morgan fingerprint density at radius 2 is 1.92 bits per heavy atom. The zero-order valence-electron chi connectivity index (χ0n) is 6.49. The number of aliphatic carboxylic acids is 2. The van der Waals surface area contributed by atoms with Crippen molar-refractivity contribution in [1.82, 2.24) is 0 Å². The molecule has 5 nitrogen and oxygen atoms in total. The molecular weight excluding hydrogens is 205 g/mol. The highest BCUT2D eigenvalue weighted by atomic mass is 35.5. The Hall–Kier alpha value is -0.880. The molecule has 0 heterocycles. The fourth-order valence-electron chi connectivity index (χ4n) is 1.12. The highest BCUT2D eigenvalue weighted by molar-refractivity contribution is 5.87. The largest absolute Gasteiger partial charge is 0.481 e. The first-order valence-electron chi connectivity index (χ1n) is 3.25. The van der Waals surface area contributed by atoms with Gasteiger partial charge in [0.2, 0.25) is 0 Å². The van der Waals surface area contributed by atoms with Crippen LogP contribution in [0.15, 0.2) is 0 Å². The summed E-state index contributed by atoms with van der Waals surface area (Å²) in [6.45, 7) is 0. The van der Waals surface area contributed by atoms with Crippen LogP contribution in [0.5, 0.6) is 0 Å². The first-order chi connectivity index (χ1) is 5.32. The molecule has 4 N–H and O–H groups in total. The second-order valence-electron chi connectivity index (χ2n) is 2.99. The van der Waals surface area contributed by atoms with Crippen molar-refractivity contribution < 1.29 is 24.2 Å². The topological polar surface area (TPSA) is 101 Å². The van der Waals surface area contributed by atoms with E-state index in [0.717, 1.165) is 0 Å². The van der Waals surface area contributed by atoms with Gasteiger partial charge in [-0.1, -0.05) is 0 Å². The predicted molar refractivity (Wildman–Crippen MR) is 42.5 cm³/mol. The van der Waals surface area contributed by atoms with Gasteiger partial charge in [0, 0.05) is 6.42 Å². The Balaban J connectivity index is 0.00000144. The molecule has 0 aromatic rings. The van der Waals surface area contributed by atoms with Gasteiger partial charge in [-0.2, -0.15) is 0 Å². The van der Waals surface area contributed by atoms with Crippen LogP contribution in [0.1, 0.15) is 12.8 Å². The summed E-state index contributed by atoms with van der Waals surface area (Å²) < 4.78 is 13.2. The van der Waals surface area contributed by atoms with Crippen molar-refractivity contribution in [1.29, 1.82) is 0 Å². The molecule has 1 aliphatic rings. The summed E-state index contributed by atoms with van der Waals surface area (Å²) >= 11 is 0. The van der Waals surface area contributed by atoms with Gasteiger partial charge in [0.25, 0.3) is 0 Å². The maximum absolute atomic E-state index is 13.2. The fourth-order valence-corrected chi connectivity index (χ4v) is 1.12. The molecule has 0 spiro atoms. The van der Waals surface area contributed by atoms with Gasteiger partial charge < -0.3 is 15.9 Å². The fraction of sp³-hybridized carbons (Fsp3) is 0.667. The zero-order chi connectivity index (χ0) is 9.57. The van der Waals surface area contributed by atoms with E-state index in [1.54, 1.807) is 0 Å². The average molecular weight is 214 g/mol. The number of hydrogen-bond acceptors (Lipinski definition) is 3. The first kappa shape index (κ1) is 12.1. The van der Waals surface area contributed by atoms with Crippen molar-refractivity contribution in [3.63, 3.8) is 0 Å². The highest BCUT2D eigenvalue weighted by Crippen LogP contribution is 2.51. The lowest BCUT2D eigenvalue weighted by atomic mass is 10.1. The lowest BCUT2D eigenvalue weighted by Gasteiger charge is -2.07. The normalized spacial score (nSPS) is 36.2. The lowest BCUT2D eigenvalue weighted by Crippen LogP contribution is -2.41. The molecule has 7 heteroatoms. The highest BCUT2D eigenvalue weighted by Gasteiger charge is 2.73. The molecule has 1 rings (SSSR count). The van der Waals surface area contributed by atoms with E-state index in [4.69, 9.17) is 15.9 Å². The third kappa shape index (κ3) is 1.73. The quantitative estimate of drug-likeness (QED) is 0.602. The molecule has 0 bridgehead atoms. The van der Waals surface area contributed by atoms with E-state index < -0.39 is 36.0 Å². The molecule has 1 aliphatic carbocycles. The number of hydrogen-bond donors (Lipinski definition) is 3. The summed E-state index contributed by atoms with van der Waals surface area (Å²) in [5, 5.41) is 16.6. The predicted octanol–water partition coefficient (Wildman–Crippen LogP) is -0.223. The van der Waals surface area contributed by atoms with Crippen molar-refractivity contribution >= 4 is 24.3 Å². The van der Waals surface area contributed by atoms with E-state index >= 15 is 0 Å². The molecule has 1 fully saturated rings. The Morgan fingerprint density at radius 3 is 2.15 bits per heavy atom. The third-order valence-electron chi connectivity index (χ3n) is 2.05. The van der Waals surface area contributed by atoms with Crippen molar-refractivity contribution in [2.75, 3.05) is 0 Å². The van der Waals surface area contributed by atoms with E-state index in [2.05, 4.69) is 0 Å². The monoisotopic (exact) mass is 213 g/mol. The van der Waals surface area contributed by atoms with Crippen LogP contribution in [0.2, 0.25) is 0 Å². The zero-order valence-corrected chi connectivity index (χ0v) is 7.31. The van der Waals surface area contributed by atoms with Crippen LogP contribution < -0.4 is 5.73 Å². The van der Waals surface area contributed by atoms with Crippen molar-refractivity contribution in [2.24, 2.45) is 5.73 Å². The van der Waals surface area contributed by atoms with Crippen LogP contribution in [-0.4, -0.2) is 33.4 Å². The molecule has 1 saturated carbocycles. The van der Waals surface area contributed by atoms with E-state index in [0.29, 0.717) is 0 Å². The van der Waals surface area contributed by atoms with E-state index in [9.17, 15) is 14.0 Å². The van der Waals surface area contributed by atoms with Crippen LogP contribution in [0.3, 0.4) is 0 Å². The van der Waals surface area contributed by atoms with Gasteiger partial charge in [0.05, 0.1) is 6.42 Å². The van der Waals surface area contributed by atoms with Gasteiger partial charge >= 0.3 is 11.9 Å². The number of rotatable bonds is 3. The maximum Gasteiger partial charge on any atom is 0.327 e. The Labute approximate surface area is 79.1 Å². The van der Waals surface area contributed by atoms with E-state index in [-0.39, 0.29) is 12.4 Å². The van der Waals surface area contributed by atoms with Gasteiger partial charge in [-0.25, -0.2) is 4.39 Å². The maximum atomic E-state index is 13.2. The summed E-state index contributed by atoms with van der Waals surface area (Å²) in [5.41, 5.74) is 0.810. The molecule has 2 atom stereocenters. The summed E-state index contributed by atoms with van der Waals surface area (Å²) in [6.07, 6.45) is -1.28. The molecule has 76 valence electrons. The Morgan fingerprint density at radius 1 is 1.46 bits per heavy atom. The second kappa shape index (κ2) is 3.12. The molecular formula is C6H9ClFNO4. The summed E-state index contributed by atoms with van der Waals surface area (Å²) in [6, 6.07) is 0. The van der Waals surface area contributed by atoms with Gasteiger partial charge in [-0.05, 0) is 0 Å². The minimum absolute atomic E-state index is 0. The number of alkyl halides is 1. The molecule has 0 aliphatic heterocycles. The minimum Gasteiger partial charge on any atom is -0.481 e. The number of nitrogens with two attached hydrogens (primary N) is 1. The van der Waals surface area contributed by atoms with E-state index in [1.807, 2.05) is 0 Å². The standard InChI is InChI=1S/C6H8FNO4.ClH/c7-5(1-3(9)10)2-6(5,8)4(11)12;/h1-2,8H2,(H,9,10)(H,11,12);1H/t5-,6+;/m0./s1. The molecule has 0 unspecified atom stereocenters. The number of carbonyl (C=O) groups is 2. The summed E-state index contributed by atoms with van der Waals surface area (Å²) in [4.78, 5) is 20.4. The molecule has 0 saturated heterocycles. The van der Waals surface area contributed by atoms with Gasteiger partial charge in [0.15, 0.2) is 11.2 Å². The van der Waals surface area contributed by atoms with Crippen LogP contribution in [0, 0.1) is 0 Å². The second-order valence-corrected chi connectivity index (χ2v) is 2.99. The Bertz CT molecular complexity index is 261.